The summed E-state index contributed by atoms with van der Waals surface area (Å²) in [6, 6.07) is 2.69. The second-order valence-electron chi connectivity index (χ2n) is 4.87. The Hall–Kier alpha value is -1.42. The Morgan fingerprint density at radius 2 is 2.24 bits per heavy atom. The average Bonchev–Trinajstić information content (AvgIpc) is 2.95. The molecular weight excluding hydrogens is 212 g/mol. The first kappa shape index (κ1) is 10.7. The summed E-state index contributed by atoms with van der Waals surface area (Å²) in [5.41, 5.74) is 3.10. The molecule has 4 heteroatoms. The van der Waals surface area contributed by atoms with E-state index in [2.05, 4.69) is 27.2 Å². The van der Waals surface area contributed by atoms with E-state index in [9.17, 15) is 0 Å². The molecule has 4 nitrogen and oxygen atoms in total. The fourth-order valence-corrected chi connectivity index (χ4v) is 2.54. The van der Waals surface area contributed by atoms with Crippen LogP contribution in [-0.2, 0) is 6.54 Å². The molecule has 90 valence electrons. The van der Waals surface area contributed by atoms with Gasteiger partial charge in [-0.25, -0.2) is 9.97 Å². The molecule has 2 heterocycles. The lowest BCUT2D eigenvalue weighted by Crippen LogP contribution is -2.25. The lowest BCUT2D eigenvalue weighted by atomic mass is 10.2. The number of rotatable bonds is 3. The largest absolute Gasteiger partial charge is 0.339 e. The number of hydrogen-bond donors (Lipinski definition) is 2. The van der Waals surface area contributed by atoms with Crippen LogP contribution in [0.1, 0.15) is 37.1 Å². The number of aromatic nitrogens is 3. The summed E-state index contributed by atoms with van der Waals surface area (Å²) < 4.78 is 0. The summed E-state index contributed by atoms with van der Waals surface area (Å²) in [6.45, 7) is 2.90. The average molecular weight is 230 g/mol. The highest BCUT2D eigenvalue weighted by molar-refractivity contribution is 5.74. The second-order valence-corrected chi connectivity index (χ2v) is 4.87. The smallest absolute Gasteiger partial charge is 0.178 e. The molecule has 1 fully saturated rings. The summed E-state index contributed by atoms with van der Waals surface area (Å²) in [5, 5.41) is 3.56. The third kappa shape index (κ3) is 2.17. The Morgan fingerprint density at radius 3 is 3.00 bits per heavy atom. The molecule has 0 saturated heterocycles. The molecular formula is C13H18N4. The Labute approximate surface area is 101 Å². The number of aryl methyl sites for hydroxylation is 1. The Kier molecular flexibility index (Phi) is 2.81. The van der Waals surface area contributed by atoms with Crippen LogP contribution in [0.5, 0.6) is 0 Å². The molecule has 0 bridgehead atoms. The van der Waals surface area contributed by atoms with Crippen LogP contribution in [-0.4, -0.2) is 21.0 Å². The molecule has 17 heavy (non-hydrogen) atoms. The summed E-state index contributed by atoms with van der Waals surface area (Å²) in [5.74, 6) is 0.994. The standard InChI is InChI=1S/C13H18N4/c1-9-6-7-14-13-12(9)16-11(17-13)8-15-10-4-2-3-5-10/h6-7,10,15H,2-5,8H2,1H3,(H,14,16,17). The topological polar surface area (TPSA) is 53.6 Å². The summed E-state index contributed by atoms with van der Waals surface area (Å²) in [4.78, 5) is 12.1. The minimum absolute atomic E-state index is 0.678. The SMILES string of the molecule is Cc1ccnc2nc(CNC3CCCC3)[nH]c12. The number of fused-ring (bicyclic) bond motifs is 1. The van der Waals surface area contributed by atoms with Gasteiger partial charge in [0, 0.05) is 12.2 Å². The normalized spacial score (nSPS) is 17.0. The predicted octanol–water partition coefficient (Wildman–Crippen LogP) is 2.30. The molecule has 0 aromatic carbocycles. The van der Waals surface area contributed by atoms with Gasteiger partial charge in [0.2, 0.25) is 0 Å². The molecule has 0 atom stereocenters. The number of aromatic amines is 1. The van der Waals surface area contributed by atoms with E-state index >= 15 is 0 Å². The number of hydrogen-bond acceptors (Lipinski definition) is 3. The monoisotopic (exact) mass is 230 g/mol. The molecule has 0 unspecified atom stereocenters. The van der Waals surface area contributed by atoms with Crippen molar-refractivity contribution in [1.29, 1.82) is 0 Å². The van der Waals surface area contributed by atoms with Crippen LogP contribution in [0.25, 0.3) is 11.2 Å². The van der Waals surface area contributed by atoms with Crippen LogP contribution in [0.4, 0.5) is 0 Å². The third-order valence-corrected chi connectivity index (χ3v) is 3.56. The van der Waals surface area contributed by atoms with E-state index < -0.39 is 0 Å². The van der Waals surface area contributed by atoms with E-state index in [1.165, 1.54) is 31.2 Å². The molecule has 0 spiro atoms. The first-order valence-electron chi connectivity index (χ1n) is 6.36. The van der Waals surface area contributed by atoms with Gasteiger partial charge >= 0.3 is 0 Å². The fourth-order valence-electron chi connectivity index (χ4n) is 2.54. The maximum Gasteiger partial charge on any atom is 0.178 e. The highest BCUT2D eigenvalue weighted by Gasteiger charge is 2.14. The van der Waals surface area contributed by atoms with E-state index in [4.69, 9.17) is 0 Å². The fraction of sp³-hybridized carbons (Fsp3) is 0.538. The van der Waals surface area contributed by atoms with Gasteiger partial charge in [-0.15, -0.1) is 0 Å². The van der Waals surface area contributed by atoms with E-state index in [1.54, 1.807) is 0 Å². The van der Waals surface area contributed by atoms with Crippen LogP contribution in [0.2, 0.25) is 0 Å². The molecule has 0 aliphatic heterocycles. The number of nitrogens with zero attached hydrogens (tertiary/aromatic N) is 2. The molecule has 0 radical (unpaired) electrons. The molecule has 2 N–H and O–H groups in total. The zero-order valence-electron chi connectivity index (χ0n) is 10.2. The predicted molar refractivity (Wildman–Crippen MR) is 67.7 cm³/mol. The van der Waals surface area contributed by atoms with E-state index in [1.807, 2.05) is 12.3 Å². The van der Waals surface area contributed by atoms with Crippen molar-refractivity contribution in [3.8, 4) is 0 Å². The van der Waals surface area contributed by atoms with Gasteiger partial charge in [-0.2, -0.15) is 0 Å². The van der Waals surface area contributed by atoms with E-state index in [-0.39, 0.29) is 0 Å². The van der Waals surface area contributed by atoms with Gasteiger partial charge in [-0.05, 0) is 31.4 Å². The molecule has 3 rings (SSSR count). The van der Waals surface area contributed by atoms with Crippen molar-refractivity contribution in [2.24, 2.45) is 0 Å². The van der Waals surface area contributed by atoms with Gasteiger partial charge in [-0.3, -0.25) is 0 Å². The van der Waals surface area contributed by atoms with Crippen LogP contribution in [0.3, 0.4) is 0 Å². The van der Waals surface area contributed by atoms with Crippen LogP contribution in [0.15, 0.2) is 12.3 Å². The Balaban J connectivity index is 1.74. The van der Waals surface area contributed by atoms with Crippen molar-refractivity contribution < 1.29 is 0 Å². The van der Waals surface area contributed by atoms with Crippen molar-refractivity contribution in [1.82, 2.24) is 20.3 Å². The first-order valence-corrected chi connectivity index (χ1v) is 6.36. The van der Waals surface area contributed by atoms with E-state index in [0.717, 1.165) is 23.5 Å². The number of nitrogens with one attached hydrogen (secondary N) is 2. The van der Waals surface area contributed by atoms with Crippen molar-refractivity contribution in [2.45, 2.75) is 45.2 Å². The number of H-pyrrole nitrogens is 1. The molecule has 1 aliphatic carbocycles. The molecule has 2 aromatic rings. The maximum atomic E-state index is 4.51. The third-order valence-electron chi connectivity index (χ3n) is 3.56. The molecule has 0 amide bonds. The second kappa shape index (κ2) is 4.45. The Bertz CT molecular complexity index is 511. The lowest BCUT2D eigenvalue weighted by molar-refractivity contribution is 0.516. The van der Waals surface area contributed by atoms with Crippen molar-refractivity contribution in [2.75, 3.05) is 0 Å². The first-order chi connectivity index (χ1) is 8.33. The van der Waals surface area contributed by atoms with Crippen LogP contribution in [0, 0.1) is 6.92 Å². The highest BCUT2D eigenvalue weighted by Crippen LogP contribution is 2.18. The van der Waals surface area contributed by atoms with Crippen molar-refractivity contribution in [3.05, 3.63) is 23.7 Å². The number of pyridine rings is 1. The summed E-state index contributed by atoms with van der Waals surface area (Å²) >= 11 is 0. The van der Waals surface area contributed by atoms with Gasteiger partial charge in [0.15, 0.2) is 5.65 Å². The molecule has 1 aliphatic rings. The summed E-state index contributed by atoms with van der Waals surface area (Å²) in [7, 11) is 0. The van der Waals surface area contributed by atoms with Crippen LogP contribution >= 0.6 is 0 Å². The van der Waals surface area contributed by atoms with Gasteiger partial charge in [0.1, 0.15) is 5.82 Å². The zero-order valence-corrected chi connectivity index (χ0v) is 10.2. The highest BCUT2D eigenvalue weighted by atomic mass is 15.0. The van der Waals surface area contributed by atoms with Crippen LogP contribution < -0.4 is 5.32 Å². The van der Waals surface area contributed by atoms with Crippen molar-refractivity contribution >= 4 is 11.2 Å². The van der Waals surface area contributed by atoms with Gasteiger partial charge in [-0.1, -0.05) is 12.8 Å². The number of imidazole rings is 1. The minimum atomic E-state index is 0.678. The van der Waals surface area contributed by atoms with Gasteiger partial charge in [0.25, 0.3) is 0 Å². The van der Waals surface area contributed by atoms with E-state index in [0.29, 0.717) is 6.04 Å². The quantitative estimate of drug-likeness (QED) is 0.850. The maximum absolute atomic E-state index is 4.51. The molecule has 2 aromatic heterocycles. The minimum Gasteiger partial charge on any atom is -0.339 e. The molecule has 1 saturated carbocycles. The van der Waals surface area contributed by atoms with Crippen molar-refractivity contribution in [3.63, 3.8) is 0 Å². The Morgan fingerprint density at radius 1 is 1.41 bits per heavy atom. The van der Waals surface area contributed by atoms with Gasteiger partial charge in [0.05, 0.1) is 12.1 Å². The zero-order chi connectivity index (χ0) is 11.7. The lowest BCUT2D eigenvalue weighted by Gasteiger charge is -2.09. The summed E-state index contributed by atoms with van der Waals surface area (Å²) in [6.07, 6.45) is 7.14. The van der Waals surface area contributed by atoms with Gasteiger partial charge < -0.3 is 10.3 Å².